The Hall–Kier alpha value is -2.17. The van der Waals surface area contributed by atoms with Gasteiger partial charge in [0.2, 0.25) is 5.91 Å². The summed E-state index contributed by atoms with van der Waals surface area (Å²) in [5, 5.41) is 12.0. The lowest BCUT2D eigenvalue weighted by Crippen LogP contribution is -2.47. The molecular formula is C20H25NO4. The lowest BCUT2D eigenvalue weighted by atomic mass is 9.92. The van der Waals surface area contributed by atoms with E-state index in [-0.39, 0.29) is 31.0 Å². The van der Waals surface area contributed by atoms with E-state index in [0.717, 1.165) is 32.1 Å². The highest BCUT2D eigenvalue weighted by molar-refractivity contribution is 5.98. The number of benzene rings is 1. The summed E-state index contributed by atoms with van der Waals surface area (Å²) >= 11 is 0. The zero-order chi connectivity index (χ0) is 17.9. The van der Waals surface area contributed by atoms with Crippen LogP contribution in [0, 0.1) is 0 Å². The van der Waals surface area contributed by atoms with Gasteiger partial charge in [-0.3, -0.25) is 14.4 Å². The van der Waals surface area contributed by atoms with Crippen LogP contribution >= 0.6 is 0 Å². The number of hydrogen-bond donors (Lipinski definition) is 2. The predicted molar refractivity (Wildman–Crippen MR) is 93.6 cm³/mol. The standard InChI is InChI=1S/C20H25NO4/c22-17(16-7-6-14-4-3-5-15(14)12-16)8-9-18(23)21-20(13-19(24)25)10-1-2-11-20/h6-7,12H,1-5,8-11,13H2,(H,21,23)(H,24,25). The maximum absolute atomic E-state index is 12.4. The fourth-order valence-electron chi connectivity index (χ4n) is 4.16. The number of rotatable bonds is 7. The van der Waals surface area contributed by atoms with Crippen LogP contribution in [0.1, 0.15) is 72.9 Å². The molecule has 5 nitrogen and oxygen atoms in total. The van der Waals surface area contributed by atoms with Crippen molar-refractivity contribution in [1.82, 2.24) is 5.32 Å². The van der Waals surface area contributed by atoms with Crippen LogP contribution in [-0.4, -0.2) is 28.3 Å². The number of amides is 1. The lowest BCUT2D eigenvalue weighted by molar-refractivity contribution is -0.139. The van der Waals surface area contributed by atoms with Crippen molar-refractivity contribution in [3.63, 3.8) is 0 Å². The molecule has 134 valence electrons. The summed E-state index contributed by atoms with van der Waals surface area (Å²) in [6.07, 6.45) is 6.73. The predicted octanol–water partition coefficient (Wildman–Crippen LogP) is 3.04. The zero-order valence-corrected chi connectivity index (χ0v) is 14.5. The Balaban J connectivity index is 1.54. The molecule has 0 aliphatic heterocycles. The van der Waals surface area contributed by atoms with Gasteiger partial charge in [0.25, 0.3) is 0 Å². The van der Waals surface area contributed by atoms with Crippen molar-refractivity contribution in [2.75, 3.05) is 0 Å². The largest absolute Gasteiger partial charge is 0.481 e. The van der Waals surface area contributed by atoms with Gasteiger partial charge in [0.1, 0.15) is 0 Å². The minimum Gasteiger partial charge on any atom is -0.481 e. The zero-order valence-electron chi connectivity index (χ0n) is 14.5. The smallest absolute Gasteiger partial charge is 0.305 e. The van der Waals surface area contributed by atoms with Crippen LogP contribution in [-0.2, 0) is 22.4 Å². The molecule has 25 heavy (non-hydrogen) atoms. The second-order valence-corrected chi connectivity index (χ2v) is 7.37. The quantitative estimate of drug-likeness (QED) is 0.745. The molecule has 1 amide bonds. The van der Waals surface area contributed by atoms with E-state index in [1.165, 1.54) is 11.1 Å². The van der Waals surface area contributed by atoms with Gasteiger partial charge in [-0.25, -0.2) is 0 Å². The Morgan fingerprint density at radius 1 is 1.00 bits per heavy atom. The van der Waals surface area contributed by atoms with Gasteiger partial charge in [0.05, 0.1) is 12.0 Å². The van der Waals surface area contributed by atoms with E-state index in [9.17, 15) is 14.4 Å². The summed E-state index contributed by atoms with van der Waals surface area (Å²) < 4.78 is 0. The first kappa shape index (κ1) is 17.6. The molecule has 1 saturated carbocycles. The van der Waals surface area contributed by atoms with Gasteiger partial charge in [-0.2, -0.15) is 0 Å². The highest BCUT2D eigenvalue weighted by Crippen LogP contribution is 2.32. The minimum absolute atomic E-state index is 0.0245. The molecule has 0 heterocycles. The third kappa shape index (κ3) is 4.27. The van der Waals surface area contributed by atoms with Crippen molar-refractivity contribution in [2.45, 2.75) is 69.7 Å². The van der Waals surface area contributed by atoms with E-state index in [4.69, 9.17) is 5.11 Å². The number of carbonyl (C=O) groups excluding carboxylic acids is 2. The third-order valence-corrected chi connectivity index (χ3v) is 5.45. The van der Waals surface area contributed by atoms with Crippen molar-refractivity contribution in [3.8, 4) is 0 Å². The molecule has 0 atom stereocenters. The summed E-state index contributed by atoms with van der Waals surface area (Å²) in [5.41, 5.74) is 2.63. The Labute approximate surface area is 147 Å². The number of Topliss-reactive ketones (excluding diaryl/α,β-unsaturated/α-hetero) is 1. The fraction of sp³-hybridized carbons (Fsp3) is 0.550. The number of aliphatic carboxylic acids is 1. The van der Waals surface area contributed by atoms with E-state index < -0.39 is 11.5 Å². The lowest BCUT2D eigenvalue weighted by Gasteiger charge is -2.28. The Morgan fingerprint density at radius 3 is 2.44 bits per heavy atom. The number of hydrogen-bond acceptors (Lipinski definition) is 3. The van der Waals surface area contributed by atoms with Gasteiger partial charge in [-0.1, -0.05) is 25.0 Å². The molecule has 0 radical (unpaired) electrons. The molecular weight excluding hydrogens is 318 g/mol. The van der Waals surface area contributed by atoms with Crippen molar-refractivity contribution >= 4 is 17.7 Å². The van der Waals surface area contributed by atoms with Crippen LogP contribution in [0.5, 0.6) is 0 Å². The molecule has 0 spiro atoms. The SMILES string of the molecule is O=C(O)CC1(NC(=O)CCC(=O)c2ccc3c(c2)CCC3)CCCC1. The highest BCUT2D eigenvalue weighted by atomic mass is 16.4. The number of carbonyl (C=O) groups is 3. The molecule has 0 bridgehead atoms. The van der Waals surface area contributed by atoms with E-state index >= 15 is 0 Å². The van der Waals surface area contributed by atoms with Gasteiger partial charge in [-0.15, -0.1) is 0 Å². The van der Waals surface area contributed by atoms with E-state index in [1.54, 1.807) is 0 Å². The Morgan fingerprint density at radius 2 is 1.72 bits per heavy atom. The number of nitrogens with one attached hydrogen (secondary N) is 1. The number of fused-ring (bicyclic) bond motifs is 1. The summed E-state index contributed by atoms with van der Waals surface area (Å²) in [6, 6.07) is 5.84. The number of carboxylic acids is 1. The molecule has 0 aromatic heterocycles. The van der Waals surface area contributed by atoms with E-state index in [0.29, 0.717) is 18.4 Å². The van der Waals surface area contributed by atoms with Crippen molar-refractivity contribution in [3.05, 3.63) is 34.9 Å². The number of carboxylic acid groups (broad SMARTS) is 1. The molecule has 2 aliphatic carbocycles. The second-order valence-electron chi connectivity index (χ2n) is 7.37. The van der Waals surface area contributed by atoms with Crippen LogP contribution in [0.4, 0.5) is 0 Å². The summed E-state index contributed by atoms with van der Waals surface area (Å²) in [7, 11) is 0. The number of ketones is 1. The molecule has 5 heteroatoms. The monoisotopic (exact) mass is 343 g/mol. The topological polar surface area (TPSA) is 83.5 Å². The Kier molecular flexibility index (Phi) is 5.21. The average molecular weight is 343 g/mol. The van der Waals surface area contributed by atoms with Crippen molar-refractivity contribution in [2.24, 2.45) is 0 Å². The fourth-order valence-corrected chi connectivity index (χ4v) is 4.16. The first-order chi connectivity index (χ1) is 12.0. The molecule has 1 fully saturated rings. The van der Waals surface area contributed by atoms with Crippen LogP contribution in [0.25, 0.3) is 0 Å². The molecule has 2 N–H and O–H groups in total. The Bertz CT molecular complexity index is 689. The van der Waals surface area contributed by atoms with Crippen molar-refractivity contribution in [1.29, 1.82) is 0 Å². The van der Waals surface area contributed by atoms with Gasteiger partial charge in [0.15, 0.2) is 5.78 Å². The number of aryl methyl sites for hydroxylation is 2. The maximum Gasteiger partial charge on any atom is 0.305 e. The molecule has 0 saturated heterocycles. The van der Waals surface area contributed by atoms with Crippen LogP contribution < -0.4 is 5.32 Å². The van der Waals surface area contributed by atoms with Gasteiger partial charge < -0.3 is 10.4 Å². The van der Waals surface area contributed by atoms with Gasteiger partial charge in [0, 0.05) is 18.4 Å². The molecule has 2 aliphatic rings. The van der Waals surface area contributed by atoms with E-state index in [1.807, 2.05) is 18.2 Å². The highest BCUT2D eigenvalue weighted by Gasteiger charge is 2.37. The van der Waals surface area contributed by atoms with Crippen molar-refractivity contribution < 1.29 is 19.5 Å². The first-order valence-electron chi connectivity index (χ1n) is 9.15. The molecule has 3 rings (SSSR count). The van der Waals surface area contributed by atoms with E-state index in [2.05, 4.69) is 5.32 Å². The first-order valence-corrected chi connectivity index (χ1v) is 9.15. The summed E-state index contributed by atoms with van der Waals surface area (Å²) in [4.78, 5) is 35.7. The minimum atomic E-state index is -0.892. The molecule has 0 unspecified atom stereocenters. The van der Waals surface area contributed by atoms with Crippen LogP contribution in [0.15, 0.2) is 18.2 Å². The third-order valence-electron chi connectivity index (χ3n) is 5.45. The second kappa shape index (κ2) is 7.38. The normalized spacial score (nSPS) is 17.9. The van der Waals surface area contributed by atoms with Gasteiger partial charge in [-0.05, 0) is 49.3 Å². The van der Waals surface area contributed by atoms with Crippen LogP contribution in [0.2, 0.25) is 0 Å². The molecule has 1 aromatic carbocycles. The summed E-state index contributed by atoms with van der Waals surface area (Å²) in [5.74, 6) is -1.14. The molecule has 1 aromatic rings. The maximum atomic E-state index is 12.4. The summed E-state index contributed by atoms with van der Waals surface area (Å²) in [6.45, 7) is 0. The van der Waals surface area contributed by atoms with Gasteiger partial charge >= 0.3 is 5.97 Å². The average Bonchev–Trinajstić information content (AvgIpc) is 3.20. The van der Waals surface area contributed by atoms with Crippen LogP contribution in [0.3, 0.4) is 0 Å².